The summed E-state index contributed by atoms with van der Waals surface area (Å²) in [7, 11) is 3.95. The van der Waals surface area contributed by atoms with E-state index in [9.17, 15) is 4.39 Å². The predicted molar refractivity (Wildman–Crippen MR) is 143 cm³/mol. The lowest BCUT2D eigenvalue weighted by molar-refractivity contribution is 0.260. The summed E-state index contributed by atoms with van der Waals surface area (Å²) in [6, 6.07) is 9.06. The number of likely N-dealkylation sites (N-methyl/N-ethyl adjacent to an activating group) is 1. The Labute approximate surface area is 214 Å². The Kier molecular flexibility index (Phi) is 6.31. The minimum atomic E-state index is -0.347. The number of benzene rings is 1. The van der Waals surface area contributed by atoms with Crippen LogP contribution in [-0.4, -0.2) is 70.4 Å². The van der Waals surface area contributed by atoms with Gasteiger partial charge in [-0.25, -0.2) is 9.37 Å². The molecule has 8 nitrogen and oxygen atoms in total. The Bertz CT molecular complexity index is 1550. The van der Waals surface area contributed by atoms with Crippen LogP contribution in [0.25, 0.3) is 44.5 Å². The van der Waals surface area contributed by atoms with Gasteiger partial charge in [-0.1, -0.05) is 0 Å². The van der Waals surface area contributed by atoms with Crippen LogP contribution in [0.2, 0.25) is 0 Å². The number of hydrogen-bond acceptors (Lipinski definition) is 6. The number of piperidine rings is 1. The number of nitrogens with zero attached hydrogens (tertiary/aromatic N) is 4. The Morgan fingerprint density at radius 1 is 1.03 bits per heavy atom. The van der Waals surface area contributed by atoms with Crippen LogP contribution in [0.5, 0.6) is 5.75 Å². The molecular weight excluding hydrogens is 469 g/mol. The number of aromatic nitrogens is 5. The average Bonchev–Trinajstić information content (AvgIpc) is 3.52. The molecule has 190 valence electrons. The molecule has 1 aliphatic rings. The quantitative estimate of drug-likeness (QED) is 0.300. The predicted octanol–water partition coefficient (Wildman–Crippen LogP) is 4.71. The number of halogens is 1. The molecule has 1 saturated heterocycles. The molecule has 1 fully saturated rings. The van der Waals surface area contributed by atoms with Gasteiger partial charge in [-0.05, 0) is 81.3 Å². The summed E-state index contributed by atoms with van der Waals surface area (Å²) >= 11 is 0. The zero-order chi connectivity index (χ0) is 25.4. The lowest BCUT2D eigenvalue weighted by atomic mass is 9.91. The van der Waals surface area contributed by atoms with Crippen molar-refractivity contribution in [2.24, 2.45) is 0 Å². The number of H-pyrrole nitrogens is 2. The summed E-state index contributed by atoms with van der Waals surface area (Å²) in [5.74, 6) is 0.654. The molecule has 0 bridgehead atoms. The second-order valence-electron chi connectivity index (χ2n) is 9.92. The molecule has 4 aromatic heterocycles. The lowest BCUT2D eigenvalue weighted by Gasteiger charge is -2.22. The molecule has 0 spiro atoms. The smallest absolute Gasteiger partial charge is 0.155 e. The summed E-state index contributed by atoms with van der Waals surface area (Å²) in [6.07, 6.45) is 7.73. The molecule has 0 aliphatic carbocycles. The molecule has 37 heavy (non-hydrogen) atoms. The molecule has 0 amide bonds. The Hall–Kier alpha value is -3.82. The van der Waals surface area contributed by atoms with Crippen LogP contribution in [0, 0.1) is 5.82 Å². The van der Waals surface area contributed by atoms with Crippen molar-refractivity contribution in [2.45, 2.75) is 18.8 Å². The van der Waals surface area contributed by atoms with E-state index in [-0.39, 0.29) is 5.82 Å². The standard InChI is InChI=1S/C28H30FN7O/c1-36(2)7-8-37-21-10-18(9-20(29)12-21)24-15-31-16-26-22(24)13-25(33-26)27-23-11-19(14-32-28(23)35-34-27)17-3-5-30-6-4-17/h9-17,30,33H,3-8H2,1-2H3,(H,32,34,35). The van der Waals surface area contributed by atoms with Crippen molar-refractivity contribution in [3.63, 3.8) is 0 Å². The first-order valence-electron chi connectivity index (χ1n) is 12.7. The average molecular weight is 500 g/mol. The molecule has 0 radical (unpaired) electrons. The largest absolute Gasteiger partial charge is 0.492 e. The van der Waals surface area contributed by atoms with Crippen LogP contribution in [0.3, 0.4) is 0 Å². The first kappa shape index (κ1) is 23.6. The molecule has 0 saturated carbocycles. The van der Waals surface area contributed by atoms with Crippen molar-refractivity contribution in [3.05, 3.63) is 60.3 Å². The third-order valence-corrected chi connectivity index (χ3v) is 7.04. The normalized spacial score (nSPS) is 14.7. The molecule has 1 aliphatic heterocycles. The fourth-order valence-electron chi connectivity index (χ4n) is 5.06. The summed E-state index contributed by atoms with van der Waals surface area (Å²) in [6.45, 7) is 3.28. The summed E-state index contributed by atoms with van der Waals surface area (Å²) in [4.78, 5) is 14.6. The topological polar surface area (TPSA) is 94.8 Å². The summed E-state index contributed by atoms with van der Waals surface area (Å²) in [5, 5.41) is 13.0. The second-order valence-corrected chi connectivity index (χ2v) is 9.92. The highest BCUT2D eigenvalue weighted by molar-refractivity contribution is 6.00. The Morgan fingerprint density at radius 2 is 1.89 bits per heavy atom. The van der Waals surface area contributed by atoms with Gasteiger partial charge in [-0.15, -0.1) is 0 Å². The van der Waals surface area contributed by atoms with Gasteiger partial charge in [0.25, 0.3) is 0 Å². The molecular formula is C28H30FN7O. The third-order valence-electron chi connectivity index (χ3n) is 7.04. The first-order chi connectivity index (χ1) is 18.0. The van der Waals surface area contributed by atoms with Gasteiger partial charge in [0.15, 0.2) is 5.65 Å². The van der Waals surface area contributed by atoms with E-state index in [0.29, 0.717) is 23.8 Å². The number of aromatic amines is 2. The maximum absolute atomic E-state index is 14.5. The van der Waals surface area contributed by atoms with Crippen LogP contribution in [-0.2, 0) is 0 Å². The summed E-state index contributed by atoms with van der Waals surface area (Å²) < 4.78 is 20.4. The molecule has 5 aromatic rings. The highest BCUT2D eigenvalue weighted by atomic mass is 19.1. The van der Waals surface area contributed by atoms with Gasteiger partial charge in [0.2, 0.25) is 0 Å². The molecule has 5 heterocycles. The van der Waals surface area contributed by atoms with E-state index in [0.717, 1.165) is 71.4 Å². The van der Waals surface area contributed by atoms with Gasteiger partial charge in [-0.3, -0.25) is 10.1 Å². The van der Waals surface area contributed by atoms with Crippen molar-refractivity contribution in [2.75, 3.05) is 40.3 Å². The number of rotatable bonds is 7. The molecule has 9 heteroatoms. The van der Waals surface area contributed by atoms with Crippen molar-refractivity contribution in [1.29, 1.82) is 0 Å². The van der Waals surface area contributed by atoms with E-state index < -0.39 is 0 Å². The monoisotopic (exact) mass is 499 g/mol. The van der Waals surface area contributed by atoms with Crippen LogP contribution >= 0.6 is 0 Å². The number of fused-ring (bicyclic) bond motifs is 2. The third kappa shape index (κ3) is 4.80. The second kappa shape index (κ2) is 9.91. The fourth-order valence-corrected chi connectivity index (χ4v) is 5.06. The number of nitrogens with one attached hydrogen (secondary N) is 3. The van der Waals surface area contributed by atoms with Crippen LogP contribution in [0.1, 0.15) is 24.3 Å². The number of ether oxygens (including phenoxy) is 1. The molecule has 0 atom stereocenters. The fraction of sp³-hybridized carbons (Fsp3) is 0.321. The first-order valence-corrected chi connectivity index (χ1v) is 12.7. The zero-order valence-corrected chi connectivity index (χ0v) is 21.0. The zero-order valence-electron chi connectivity index (χ0n) is 21.0. The summed E-state index contributed by atoms with van der Waals surface area (Å²) in [5.41, 5.74) is 6.07. The Balaban J connectivity index is 1.37. The van der Waals surface area contributed by atoms with Crippen LogP contribution < -0.4 is 10.1 Å². The van der Waals surface area contributed by atoms with E-state index in [1.54, 1.807) is 12.4 Å². The van der Waals surface area contributed by atoms with E-state index in [1.807, 2.05) is 31.3 Å². The number of hydrogen-bond donors (Lipinski definition) is 3. The molecule has 0 unspecified atom stereocenters. The highest BCUT2D eigenvalue weighted by Gasteiger charge is 2.19. The number of pyridine rings is 2. The van der Waals surface area contributed by atoms with E-state index in [4.69, 9.17) is 4.74 Å². The minimum absolute atomic E-state index is 0.347. The maximum atomic E-state index is 14.5. The van der Waals surface area contributed by atoms with Gasteiger partial charge < -0.3 is 19.9 Å². The van der Waals surface area contributed by atoms with E-state index in [1.165, 1.54) is 17.7 Å². The molecule has 3 N–H and O–H groups in total. The molecule has 1 aromatic carbocycles. The lowest BCUT2D eigenvalue weighted by Crippen LogP contribution is -2.26. The van der Waals surface area contributed by atoms with Crippen molar-refractivity contribution in [3.8, 4) is 28.3 Å². The SMILES string of the molecule is CN(C)CCOc1cc(F)cc(-c2cncc3[nH]c(-c4n[nH]c5ncc(C6CCNCC6)cc45)cc23)c1. The van der Waals surface area contributed by atoms with Gasteiger partial charge in [-0.2, -0.15) is 5.10 Å². The van der Waals surface area contributed by atoms with Crippen LogP contribution in [0.4, 0.5) is 4.39 Å². The van der Waals surface area contributed by atoms with Gasteiger partial charge in [0.05, 0.1) is 17.4 Å². The Morgan fingerprint density at radius 3 is 2.73 bits per heavy atom. The van der Waals surface area contributed by atoms with Crippen molar-refractivity contribution >= 4 is 21.9 Å². The van der Waals surface area contributed by atoms with E-state index in [2.05, 4.69) is 42.6 Å². The minimum Gasteiger partial charge on any atom is -0.492 e. The van der Waals surface area contributed by atoms with Crippen LogP contribution in [0.15, 0.2) is 48.9 Å². The van der Waals surface area contributed by atoms with Crippen molar-refractivity contribution < 1.29 is 9.13 Å². The van der Waals surface area contributed by atoms with Gasteiger partial charge in [0, 0.05) is 41.3 Å². The maximum Gasteiger partial charge on any atom is 0.155 e. The van der Waals surface area contributed by atoms with Gasteiger partial charge >= 0.3 is 0 Å². The highest BCUT2D eigenvalue weighted by Crippen LogP contribution is 2.36. The van der Waals surface area contributed by atoms with Gasteiger partial charge in [0.1, 0.15) is 23.9 Å². The molecule has 6 rings (SSSR count). The van der Waals surface area contributed by atoms with Crippen molar-refractivity contribution in [1.82, 2.24) is 35.4 Å². The van der Waals surface area contributed by atoms with E-state index >= 15 is 0 Å².